The Bertz CT molecular complexity index is 1560. The molecule has 3 aliphatic carbocycles. The highest BCUT2D eigenvalue weighted by Crippen LogP contribution is 2.69. The van der Waals surface area contributed by atoms with Gasteiger partial charge in [0.05, 0.1) is 30.7 Å². The predicted molar refractivity (Wildman–Crippen MR) is 154 cm³/mol. The third-order valence-electron chi connectivity index (χ3n) is 7.51. The first-order chi connectivity index (χ1) is 19.5. The number of aromatic nitrogens is 6. The zero-order chi connectivity index (χ0) is 28.8. The lowest BCUT2D eigenvalue weighted by atomic mass is 9.42. The van der Waals surface area contributed by atoms with Crippen molar-refractivity contribution in [2.75, 3.05) is 24.3 Å². The van der Waals surface area contributed by atoms with Crippen molar-refractivity contribution in [3.8, 4) is 11.3 Å². The topological polar surface area (TPSA) is 102 Å². The van der Waals surface area contributed by atoms with Crippen LogP contribution in [0.5, 0.6) is 0 Å². The molecule has 0 saturated heterocycles. The number of hydrogen-bond acceptors (Lipinski definition) is 7. The molecule has 3 aliphatic rings. The van der Waals surface area contributed by atoms with Crippen LogP contribution in [0.15, 0.2) is 49.2 Å². The molecular weight excluding hydrogens is 547 g/mol. The number of hydrogen-bond donors (Lipinski definition) is 1. The molecule has 1 N–H and O–H groups in total. The van der Waals surface area contributed by atoms with Gasteiger partial charge < -0.3 is 19.4 Å². The van der Waals surface area contributed by atoms with E-state index < -0.39 is 11.3 Å². The molecule has 216 valence electrons. The molecule has 0 aliphatic heterocycles. The average molecular weight is 581 g/mol. The van der Waals surface area contributed by atoms with Crippen molar-refractivity contribution in [3.05, 3.63) is 60.4 Å². The molecule has 12 heteroatoms. The average Bonchev–Trinajstić information content (AvgIpc) is 3.51. The van der Waals surface area contributed by atoms with Crippen LogP contribution in [0.4, 0.5) is 14.9 Å². The van der Waals surface area contributed by atoms with Crippen LogP contribution in [-0.2, 0) is 17.8 Å². The maximum Gasteiger partial charge on any atom is 0.410 e. The summed E-state index contributed by atoms with van der Waals surface area (Å²) < 4.78 is 23.6. The molecule has 0 atom stereocenters. The van der Waals surface area contributed by atoms with E-state index in [9.17, 15) is 9.18 Å². The number of nitrogens with zero attached hydrogens (tertiary/aromatic N) is 7. The van der Waals surface area contributed by atoms with Crippen molar-refractivity contribution in [1.82, 2.24) is 34.3 Å². The summed E-state index contributed by atoms with van der Waals surface area (Å²) in [6.07, 6.45) is 10.5. The Kier molecular flexibility index (Phi) is 6.88. The van der Waals surface area contributed by atoms with Gasteiger partial charge in [-0.25, -0.2) is 18.9 Å². The Morgan fingerprint density at radius 2 is 2.00 bits per heavy atom. The van der Waals surface area contributed by atoms with E-state index in [4.69, 9.17) is 21.3 Å². The summed E-state index contributed by atoms with van der Waals surface area (Å²) in [5.74, 6) is 0.505. The highest BCUT2D eigenvalue weighted by Gasteiger charge is 2.69. The van der Waals surface area contributed by atoms with Crippen molar-refractivity contribution < 1.29 is 13.9 Å². The number of fused-ring (bicyclic) bond motifs is 1. The molecule has 1 amide bonds. The van der Waals surface area contributed by atoms with Crippen LogP contribution >= 0.6 is 11.6 Å². The number of alkyl halides is 2. The van der Waals surface area contributed by atoms with E-state index >= 15 is 0 Å². The quantitative estimate of drug-likeness (QED) is 0.253. The first-order valence-electron chi connectivity index (χ1n) is 13.8. The van der Waals surface area contributed by atoms with Crippen LogP contribution in [0.3, 0.4) is 0 Å². The third kappa shape index (κ3) is 6.00. The normalized spacial score (nSPS) is 21.3. The molecule has 0 radical (unpaired) electrons. The van der Waals surface area contributed by atoms with Crippen LogP contribution in [0.2, 0.25) is 0 Å². The number of rotatable bonds is 10. The lowest BCUT2D eigenvalue weighted by Crippen LogP contribution is -2.68. The van der Waals surface area contributed by atoms with Crippen LogP contribution in [0.25, 0.3) is 16.9 Å². The minimum absolute atomic E-state index is 0.118. The van der Waals surface area contributed by atoms with Crippen molar-refractivity contribution >= 4 is 29.0 Å². The maximum absolute atomic E-state index is 14.2. The fourth-order valence-electron chi connectivity index (χ4n) is 5.97. The van der Waals surface area contributed by atoms with E-state index in [-0.39, 0.29) is 11.5 Å². The first-order valence-corrected chi connectivity index (χ1v) is 14.3. The Morgan fingerprint density at radius 3 is 2.73 bits per heavy atom. The van der Waals surface area contributed by atoms with Crippen LogP contribution in [-0.4, -0.2) is 70.6 Å². The summed E-state index contributed by atoms with van der Waals surface area (Å²) in [7, 11) is 0. The standard InChI is InChI=1S/C29H34ClFN8O2/c1-27(2,3)41-26(40)38(19-28-16-29(31,17-28)18-28)12-20-4-5-25-34-23(13-37(25)11-20)14-39-15-24(35-36-39)21-8-22(10-32-9-21)33-7-6-30/h4-5,8-11,13,15,33H,6-7,12,14,16-19H2,1-3H3. The number of ether oxygens (including phenoxy) is 1. The first kappa shape index (κ1) is 27.4. The summed E-state index contributed by atoms with van der Waals surface area (Å²) in [5, 5.41) is 11.8. The fourth-order valence-corrected chi connectivity index (χ4v) is 6.06. The lowest BCUT2D eigenvalue weighted by molar-refractivity contribution is -0.220. The van der Waals surface area contributed by atoms with E-state index in [0.717, 1.165) is 28.2 Å². The number of carbonyl (C=O) groups is 1. The summed E-state index contributed by atoms with van der Waals surface area (Å²) in [5.41, 5.74) is 3.23. The zero-order valence-electron chi connectivity index (χ0n) is 23.5. The Labute approximate surface area is 242 Å². The second-order valence-electron chi connectivity index (χ2n) is 12.4. The Morgan fingerprint density at radius 1 is 1.20 bits per heavy atom. The summed E-state index contributed by atoms with van der Waals surface area (Å²) in [6, 6.07) is 5.86. The molecule has 4 aromatic heterocycles. The second-order valence-corrected chi connectivity index (χ2v) is 12.8. The second kappa shape index (κ2) is 10.3. The van der Waals surface area contributed by atoms with Crippen molar-refractivity contribution in [1.29, 1.82) is 0 Å². The van der Waals surface area contributed by atoms with Gasteiger partial charge in [0, 0.05) is 49.3 Å². The number of anilines is 1. The summed E-state index contributed by atoms with van der Waals surface area (Å²) in [4.78, 5) is 23.8. The van der Waals surface area contributed by atoms with Gasteiger partial charge in [-0.15, -0.1) is 16.7 Å². The van der Waals surface area contributed by atoms with Gasteiger partial charge in [-0.1, -0.05) is 11.3 Å². The number of halogens is 2. The molecule has 0 spiro atoms. The van der Waals surface area contributed by atoms with Gasteiger partial charge in [0.1, 0.15) is 22.6 Å². The fraction of sp³-hybridized carbons (Fsp3) is 0.483. The predicted octanol–water partition coefficient (Wildman–Crippen LogP) is 5.32. The Hall–Kier alpha value is -3.73. The maximum atomic E-state index is 14.2. The largest absolute Gasteiger partial charge is 0.444 e. The number of nitrogens with one attached hydrogen (secondary N) is 1. The minimum Gasteiger partial charge on any atom is -0.444 e. The van der Waals surface area contributed by atoms with E-state index in [1.807, 2.05) is 62.0 Å². The van der Waals surface area contributed by atoms with Gasteiger partial charge in [-0.3, -0.25) is 4.98 Å². The molecule has 2 bridgehead atoms. The van der Waals surface area contributed by atoms with Gasteiger partial charge in [-0.05, 0) is 63.1 Å². The van der Waals surface area contributed by atoms with E-state index in [1.54, 1.807) is 22.0 Å². The van der Waals surface area contributed by atoms with Crippen LogP contribution < -0.4 is 5.32 Å². The molecule has 10 nitrogen and oxygen atoms in total. The van der Waals surface area contributed by atoms with Gasteiger partial charge in [-0.2, -0.15) is 0 Å². The number of pyridine rings is 2. The van der Waals surface area contributed by atoms with E-state index in [0.29, 0.717) is 57.0 Å². The number of imidazole rings is 1. The SMILES string of the molecule is CC(C)(C)OC(=O)N(Cc1ccc2nc(Cn3cc(-c4cncc(NCCCl)c4)nn3)cn2c1)CC12CC(F)(C1)C2. The van der Waals surface area contributed by atoms with Crippen LogP contribution in [0, 0.1) is 5.41 Å². The minimum atomic E-state index is -1.01. The molecule has 7 rings (SSSR count). The van der Waals surface area contributed by atoms with E-state index in [2.05, 4.69) is 20.6 Å². The molecule has 4 heterocycles. The van der Waals surface area contributed by atoms with Crippen molar-refractivity contribution in [3.63, 3.8) is 0 Å². The smallest absolute Gasteiger partial charge is 0.410 e. The van der Waals surface area contributed by atoms with Gasteiger partial charge in [0.2, 0.25) is 0 Å². The highest BCUT2D eigenvalue weighted by atomic mass is 35.5. The third-order valence-corrected chi connectivity index (χ3v) is 7.70. The van der Waals surface area contributed by atoms with Crippen molar-refractivity contribution in [2.45, 2.75) is 64.4 Å². The highest BCUT2D eigenvalue weighted by molar-refractivity contribution is 6.18. The monoisotopic (exact) mass is 580 g/mol. The molecule has 3 saturated carbocycles. The Balaban J connectivity index is 1.15. The lowest BCUT2D eigenvalue weighted by Gasteiger charge is -2.66. The molecule has 41 heavy (non-hydrogen) atoms. The van der Waals surface area contributed by atoms with Crippen molar-refractivity contribution in [2.24, 2.45) is 5.41 Å². The number of carbonyl (C=O) groups excluding carboxylic acids is 1. The number of amides is 1. The van der Waals surface area contributed by atoms with Gasteiger partial charge in [0.25, 0.3) is 0 Å². The molecule has 0 unspecified atom stereocenters. The van der Waals surface area contributed by atoms with E-state index in [1.165, 1.54) is 0 Å². The molecule has 3 fully saturated rings. The van der Waals surface area contributed by atoms with Crippen LogP contribution in [0.1, 0.15) is 51.3 Å². The molecule has 4 aromatic rings. The molecular formula is C29H34ClFN8O2. The summed E-state index contributed by atoms with van der Waals surface area (Å²) >= 11 is 5.77. The van der Waals surface area contributed by atoms with Gasteiger partial charge in [0.15, 0.2) is 0 Å². The molecule has 0 aromatic carbocycles. The zero-order valence-corrected chi connectivity index (χ0v) is 24.2. The van der Waals surface area contributed by atoms with Gasteiger partial charge >= 0.3 is 6.09 Å². The summed E-state index contributed by atoms with van der Waals surface area (Å²) in [6.45, 7) is 7.52.